The Morgan fingerprint density at radius 1 is 0.500 bits per heavy atom. The Bertz CT molecular complexity index is 2790. The monoisotopic (exact) mass is 706 g/mol. The van der Waals surface area contributed by atoms with Gasteiger partial charge in [0.05, 0.1) is 11.1 Å². The highest BCUT2D eigenvalue weighted by molar-refractivity contribution is 7.30. The molecule has 0 radical (unpaired) electrons. The number of thiophene rings is 1. The van der Waals surface area contributed by atoms with Gasteiger partial charge < -0.3 is 9.80 Å². The number of anilines is 6. The quantitative estimate of drug-likeness (QED) is 0.169. The van der Waals surface area contributed by atoms with E-state index >= 15 is 0 Å². The fourth-order valence-corrected chi connectivity index (χ4v) is 11.9. The lowest BCUT2D eigenvalue weighted by Crippen LogP contribution is -2.60. The Labute approximate surface area is 320 Å². The fourth-order valence-electron chi connectivity index (χ4n) is 10.3. The van der Waals surface area contributed by atoms with Crippen molar-refractivity contribution in [1.82, 2.24) is 0 Å². The predicted octanol–water partition coefficient (Wildman–Crippen LogP) is 11.3. The molecule has 0 bridgehead atoms. The molecule has 3 heterocycles. The molecule has 4 heteroatoms. The van der Waals surface area contributed by atoms with Crippen molar-refractivity contribution in [2.75, 3.05) is 9.80 Å². The molecule has 0 fully saturated rings. The smallest absolute Gasteiger partial charge is 0.264 e. The summed E-state index contributed by atoms with van der Waals surface area (Å²) in [5.74, 6) is 0.459. The molecule has 0 atom stereocenters. The van der Waals surface area contributed by atoms with Gasteiger partial charge in [-0.15, -0.1) is 11.3 Å². The first kappa shape index (κ1) is 30.4. The van der Waals surface area contributed by atoms with E-state index in [1.807, 2.05) is 0 Å². The Balaban J connectivity index is 1.23. The second-order valence-corrected chi connectivity index (χ2v) is 16.4. The molecule has 2 nitrogen and oxygen atoms in total. The van der Waals surface area contributed by atoms with Crippen molar-refractivity contribution in [3.8, 4) is 22.3 Å². The first-order valence-corrected chi connectivity index (χ1v) is 19.9. The number of fused-ring (bicyclic) bond motifs is 15. The van der Waals surface area contributed by atoms with Crippen LogP contribution in [-0.2, 0) is 5.41 Å². The highest BCUT2D eigenvalue weighted by Gasteiger charge is 2.56. The summed E-state index contributed by atoms with van der Waals surface area (Å²) in [6.45, 7) is 4.64. The molecule has 1 spiro atoms. The molecule has 254 valence electrons. The summed E-state index contributed by atoms with van der Waals surface area (Å²) >= 11 is 2.05. The van der Waals surface area contributed by atoms with Crippen LogP contribution in [0.15, 0.2) is 170 Å². The van der Waals surface area contributed by atoms with Gasteiger partial charge in [0.15, 0.2) is 0 Å². The van der Waals surface area contributed by atoms with Crippen LogP contribution in [-0.4, -0.2) is 6.71 Å². The number of rotatable bonds is 3. The average Bonchev–Trinajstić information content (AvgIpc) is 3.85. The van der Waals surface area contributed by atoms with Crippen molar-refractivity contribution >= 4 is 67.9 Å². The molecule has 0 saturated carbocycles. The zero-order chi connectivity index (χ0) is 35.7. The maximum Gasteiger partial charge on any atom is 0.264 e. The molecule has 0 unspecified atom stereocenters. The molecular formula is C50H35BN2S. The molecule has 0 amide bonds. The molecule has 4 aliphatic rings. The highest BCUT2D eigenvalue weighted by Crippen LogP contribution is 2.66. The normalized spacial score (nSPS) is 14.7. The Morgan fingerprint density at radius 3 is 1.72 bits per heavy atom. The van der Waals surface area contributed by atoms with Gasteiger partial charge in [0.2, 0.25) is 0 Å². The van der Waals surface area contributed by atoms with Crippen LogP contribution in [0.25, 0.3) is 22.3 Å². The van der Waals surface area contributed by atoms with Crippen molar-refractivity contribution in [3.63, 3.8) is 0 Å². The van der Waals surface area contributed by atoms with E-state index in [4.69, 9.17) is 0 Å². The number of nitrogens with zero attached hydrogens (tertiary/aromatic N) is 2. The molecule has 2 aliphatic heterocycles. The minimum Gasteiger partial charge on any atom is -0.311 e. The average molecular weight is 707 g/mol. The number of hydrogen-bond acceptors (Lipinski definition) is 3. The van der Waals surface area contributed by atoms with E-state index in [9.17, 15) is 0 Å². The summed E-state index contributed by atoms with van der Waals surface area (Å²) < 4.78 is 1.42. The molecule has 2 aliphatic carbocycles. The van der Waals surface area contributed by atoms with E-state index in [-0.39, 0.29) is 6.71 Å². The van der Waals surface area contributed by atoms with Gasteiger partial charge in [-0.2, -0.15) is 0 Å². The minimum atomic E-state index is -0.395. The van der Waals surface area contributed by atoms with Crippen LogP contribution < -0.4 is 25.5 Å². The zero-order valence-corrected chi connectivity index (χ0v) is 30.9. The second kappa shape index (κ2) is 11.0. The van der Waals surface area contributed by atoms with Crippen molar-refractivity contribution < 1.29 is 0 Å². The number of para-hydroxylation sites is 2. The summed E-state index contributed by atoms with van der Waals surface area (Å²) in [6, 6.07) is 63.9. The van der Waals surface area contributed by atoms with Gasteiger partial charge in [0.1, 0.15) is 0 Å². The summed E-state index contributed by atoms with van der Waals surface area (Å²) in [7, 11) is 0. The Kier molecular flexibility index (Phi) is 6.17. The molecule has 1 aromatic heterocycles. The predicted molar refractivity (Wildman–Crippen MR) is 229 cm³/mol. The topological polar surface area (TPSA) is 6.48 Å². The first-order valence-electron chi connectivity index (χ1n) is 19.1. The van der Waals surface area contributed by atoms with Crippen molar-refractivity contribution in [2.24, 2.45) is 0 Å². The maximum absolute atomic E-state index is 2.61. The lowest BCUT2D eigenvalue weighted by Gasteiger charge is -2.43. The number of hydrogen-bond donors (Lipinski definition) is 0. The molecular weight excluding hydrogens is 671 g/mol. The van der Waals surface area contributed by atoms with Gasteiger partial charge in [-0.1, -0.05) is 141 Å². The van der Waals surface area contributed by atoms with Gasteiger partial charge in [0, 0.05) is 43.7 Å². The van der Waals surface area contributed by atoms with E-state index in [1.54, 1.807) is 0 Å². The molecule has 54 heavy (non-hydrogen) atoms. The van der Waals surface area contributed by atoms with Crippen molar-refractivity contribution in [1.29, 1.82) is 0 Å². The van der Waals surface area contributed by atoms with Gasteiger partial charge in [0.25, 0.3) is 6.71 Å². The van der Waals surface area contributed by atoms with E-state index < -0.39 is 5.41 Å². The standard InChI is InChI=1S/C50H35BN2S/c1-31(2)32-27-29-34(30-28-32)53-44-26-14-25-43-46(44)51(41-23-12-13-24-42(41)52(43)33-15-4-3-5-16-33)49-47(53)45-37-19-8-11-22-40(37)50(48(45)54-49)38-20-9-6-17-35(38)36-18-7-10-21-39(36)50/h3-31H,1-2H3. The second-order valence-electron chi connectivity index (χ2n) is 15.4. The van der Waals surface area contributed by atoms with Gasteiger partial charge >= 0.3 is 0 Å². The van der Waals surface area contributed by atoms with E-state index in [1.165, 1.54) is 99.2 Å². The largest absolute Gasteiger partial charge is 0.311 e. The SMILES string of the molecule is CC(C)c1ccc(N2c3cccc4c3B(c3ccccc3N4c3ccccc3)c3sc4c(c32)-c2ccccc2C42c3ccccc3-c3ccccc32)cc1. The first-order chi connectivity index (χ1) is 26.7. The molecule has 12 rings (SSSR count). The molecule has 0 N–H and O–H groups in total. The minimum absolute atomic E-state index is 0.0836. The maximum atomic E-state index is 2.61. The fraction of sp³-hybridized carbons (Fsp3) is 0.0800. The third kappa shape index (κ3) is 3.71. The van der Waals surface area contributed by atoms with E-state index in [0.29, 0.717) is 5.92 Å². The third-order valence-electron chi connectivity index (χ3n) is 12.4. The van der Waals surface area contributed by atoms with Crippen LogP contribution >= 0.6 is 11.3 Å². The Hall–Kier alpha value is -6.10. The Morgan fingerprint density at radius 2 is 1.04 bits per heavy atom. The van der Waals surface area contributed by atoms with E-state index in [2.05, 4.69) is 205 Å². The third-order valence-corrected chi connectivity index (χ3v) is 13.8. The zero-order valence-electron chi connectivity index (χ0n) is 30.1. The summed E-state index contributed by atoms with van der Waals surface area (Å²) in [5.41, 5.74) is 20.7. The number of benzene rings is 7. The van der Waals surface area contributed by atoms with Crippen LogP contribution in [0.1, 0.15) is 46.9 Å². The molecule has 8 aromatic rings. The lowest BCUT2D eigenvalue weighted by atomic mass is 9.36. The van der Waals surface area contributed by atoms with Gasteiger partial charge in [-0.05, 0) is 98.3 Å². The highest BCUT2D eigenvalue weighted by atomic mass is 32.1. The van der Waals surface area contributed by atoms with Crippen LogP contribution in [0.3, 0.4) is 0 Å². The van der Waals surface area contributed by atoms with Crippen LogP contribution in [0, 0.1) is 0 Å². The van der Waals surface area contributed by atoms with Crippen LogP contribution in [0.5, 0.6) is 0 Å². The lowest BCUT2D eigenvalue weighted by molar-refractivity contribution is 0.811. The molecule has 7 aromatic carbocycles. The molecule has 0 saturated heterocycles. The van der Waals surface area contributed by atoms with Gasteiger partial charge in [-0.25, -0.2) is 0 Å². The van der Waals surface area contributed by atoms with Crippen molar-refractivity contribution in [2.45, 2.75) is 25.2 Å². The van der Waals surface area contributed by atoms with Gasteiger partial charge in [-0.3, -0.25) is 0 Å². The summed E-state index contributed by atoms with van der Waals surface area (Å²) in [6.07, 6.45) is 0. The summed E-state index contributed by atoms with van der Waals surface area (Å²) in [4.78, 5) is 6.54. The van der Waals surface area contributed by atoms with Crippen molar-refractivity contribution in [3.05, 3.63) is 197 Å². The van der Waals surface area contributed by atoms with Crippen LogP contribution in [0.2, 0.25) is 0 Å². The summed E-state index contributed by atoms with van der Waals surface area (Å²) in [5, 5.41) is 0. The van der Waals surface area contributed by atoms with Crippen LogP contribution in [0.4, 0.5) is 34.1 Å². The van der Waals surface area contributed by atoms with E-state index in [0.717, 1.165) is 0 Å².